The number of aromatic nitrogens is 1. The second-order valence-electron chi connectivity index (χ2n) is 5.52. The number of amides is 2. The van der Waals surface area contributed by atoms with Crippen LogP contribution in [-0.2, 0) is 13.0 Å². The molecule has 1 aliphatic heterocycles. The van der Waals surface area contributed by atoms with Gasteiger partial charge in [-0.3, -0.25) is 9.88 Å². The van der Waals surface area contributed by atoms with Crippen molar-refractivity contribution in [3.8, 4) is 0 Å². The largest absolute Gasteiger partial charge is 0.336 e. The van der Waals surface area contributed by atoms with Crippen LogP contribution in [0.15, 0.2) is 36.0 Å². The van der Waals surface area contributed by atoms with Gasteiger partial charge in [-0.25, -0.2) is 4.79 Å². The van der Waals surface area contributed by atoms with Gasteiger partial charge in [0.1, 0.15) is 0 Å². The summed E-state index contributed by atoms with van der Waals surface area (Å²) in [6.45, 7) is 4.82. The Bertz CT molecular complexity index is 628. The third-order valence-corrected chi connectivity index (χ3v) is 4.96. The molecule has 2 aromatic heterocycles. The monoisotopic (exact) mass is 316 g/mol. The Morgan fingerprint density at radius 1 is 1.50 bits per heavy atom. The molecule has 1 aliphatic rings. The Morgan fingerprint density at radius 2 is 2.41 bits per heavy atom. The van der Waals surface area contributed by atoms with Crippen molar-refractivity contribution < 1.29 is 4.79 Å². The summed E-state index contributed by atoms with van der Waals surface area (Å²) in [6, 6.07) is 5.95. The van der Waals surface area contributed by atoms with Crippen molar-refractivity contribution >= 4 is 23.1 Å². The van der Waals surface area contributed by atoms with E-state index in [0.717, 1.165) is 19.5 Å². The minimum atomic E-state index is -0.187. The quantitative estimate of drug-likeness (QED) is 0.912. The fourth-order valence-corrected chi connectivity index (χ4v) is 3.52. The zero-order valence-corrected chi connectivity index (χ0v) is 13.4. The molecule has 0 bridgehead atoms. The van der Waals surface area contributed by atoms with Crippen molar-refractivity contribution in [1.29, 1.82) is 0 Å². The molecule has 3 heterocycles. The van der Waals surface area contributed by atoms with Crippen molar-refractivity contribution in [3.05, 3.63) is 46.4 Å². The lowest BCUT2D eigenvalue weighted by Crippen LogP contribution is -2.45. The number of carbonyl (C=O) groups is 1. The van der Waals surface area contributed by atoms with Crippen LogP contribution in [0.25, 0.3) is 0 Å². The van der Waals surface area contributed by atoms with E-state index in [1.807, 2.05) is 17.4 Å². The molecule has 2 aromatic rings. The van der Waals surface area contributed by atoms with Crippen molar-refractivity contribution in [2.45, 2.75) is 25.9 Å². The summed E-state index contributed by atoms with van der Waals surface area (Å²) < 4.78 is 0. The maximum absolute atomic E-state index is 11.9. The van der Waals surface area contributed by atoms with E-state index in [0.29, 0.717) is 18.3 Å². The number of nitrogens with zero attached hydrogens (tertiary/aromatic N) is 2. The minimum Gasteiger partial charge on any atom is -0.336 e. The van der Waals surface area contributed by atoms with Gasteiger partial charge in [-0.05, 0) is 42.5 Å². The highest BCUT2D eigenvalue weighted by atomic mass is 32.1. The van der Waals surface area contributed by atoms with Gasteiger partial charge in [0.15, 0.2) is 0 Å². The van der Waals surface area contributed by atoms with E-state index in [9.17, 15) is 4.79 Å². The van der Waals surface area contributed by atoms with Crippen LogP contribution in [0.5, 0.6) is 0 Å². The zero-order valence-electron chi connectivity index (χ0n) is 12.6. The summed E-state index contributed by atoms with van der Waals surface area (Å²) in [6.07, 6.45) is 4.42. The SMILES string of the molecule is CC(CNC(=O)Nc1cccnc1)N1CCc2sccc2C1. The van der Waals surface area contributed by atoms with Crippen molar-refractivity contribution in [2.24, 2.45) is 0 Å². The van der Waals surface area contributed by atoms with Gasteiger partial charge in [0.05, 0.1) is 11.9 Å². The molecule has 2 amide bonds. The Kier molecular flexibility index (Phi) is 4.70. The highest BCUT2D eigenvalue weighted by Crippen LogP contribution is 2.24. The molecule has 3 rings (SSSR count). The standard InChI is InChI=1S/C16H20N4OS/c1-12(20-7-4-15-13(11-20)5-8-22-15)9-18-16(21)19-14-3-2-6-17-10-14/h2-3,5-6,8,10,12H,4,7,9,11H2,1H3,(H2,18,19,21). The van der Waals surface area contributed by atoms with Gasteiger partial charge >= 0.3 is 6.03 Å². The molecule has 0 aliphatic carbocycles. The Labute approximate surface area is 134 Å². The van der Waals surface area contributed by atoms with E-state index in [1.54, 1.807) is 18.5 Å². The number of fused-ring (bicyclic) bond motifs is 1. The number of nitrogens with one attached hydrogen (secondary N) is 2. The van der Waals surface area contributed by atoms with Crippen molar-refractivity contribution in [1.82, 2.24) is 15.2 Å². The summed E-state index contributed by atoms with van der Waals surface area (Å²) in [7, 11) is 0. The molecular weight excluding hydrogens is 296 g/mol. The molecule has 6 heteroatoms. The Morgan fingerprint density at radius 3 is 3.23 bits per heavy atom. The van der Waals surface area contributed by atoms with E-state index in [2.05, 4.69) is 38.9 Å². The first-order chi connectivity index (χ1) is 10.7. The Balaban J connectivity index is 1.46. The number of anilines is 1. The summed E-state index contributed by atoms with van der Waals surface area (Å²) in [4.78, 5) is 19.8. The molecule has 1 atom stereocenters. The molecule has 2 N–H and O–H groups in total. The summed E-state index contributed by atoms with van der Waals surface area (Å²) in [5.41, 5.74) is 2.14. The van der Waals surface area contributed by atoms with Crippen LogP contribution in [0.2, 0.25) is 0 Å². The first kappa shape index (κ1) is 15.0. The smallest absolute Gasteiger partial charge is 0.319 e. The highest BCUT2D eigenvalue weighted by Gasteiger charge is 2.21. The summed E-state index contributed by atoms with van der Waals surface area (Å²) in [5.74, 6) is 0. The summed E-state index contributed by atoms with van der Waals surface area (Å²) >= 11 is 1.85. The predicted octanol–water partition coefficient (Wildman–Crippen LogP) is 2.71. The molecule has 5 nitrogen and oxygen atoms in total. The first-order valence-corrected chi connectivity index (χ1v) is 8.34. The molecule has 22 heavy (non-hydrogen) atoms. The van der Waals surface area contributed by atoms with E-state index in [-0.39, 0.29) is 6.03 Å². The third kappa shape index (κ3) is 3.64. The first-order valence-electron chi connectivity index (χ1n) is 7.46. The van der Waals surface area contributed by atoms with E-state index < -0.39 is 0 Å². The normalized spacial score (nSPS) is 15.9. The van der Waals surface area contributed by atoms with Crippen LogP contribution < -0.4 is 10.6 Å². The van der Waals surface area contributed by atoms with Crippen LogP contribution in [0.3, 0.4) is 0 Å². The van der Waals surface area contributed by atoms with Gasteiger partial charge in [-0.15, -0.1) is 11.3 Å². The molecule has 0 spiro atoms. The van der Waals surface area contributed by atoms with Crippen LogP contribution in [-0.4, -0.2) is 35.0 Å². The lowest BCUT2D eigenvalue weighted by atomic mass is 10.1. The predicted molar refractivity (Wildman–Crippen MR) is 89.2 cm³/mol. The van der Waals surface area contributed by atoms with Crippen molar-refractivity contribution in [3.63, 3.8) is 0 Å². The van der Waals surface area contributed by atoms with Gasteiger partial charge in [0, 0.05) is 36.8 Å². The Hall–Kier alpha value is -1.92. The number of thiophene rings is 1. The van der Waals surface area contributed by atoms with Crippen LogP contribution in [0.4, 0.5) is 10.5 Å². The molecule has 1 unspecified atom stereocenters. The van der Waals surface area contributed by atoms with Gasteiger partial charge < -0.3 is 10.6 Å². The fraction of sp³-hybridized carbons (Fsp3) is 0.375. The molecule has 0 radical (unpaired) electrons. The van der Waals surface area contributed by atoms with E-state index >= 15 is 0 Å². The topological polar surface area (TPSA) is 57.3 Å². The lowest BCUT2D eigenvalue weighted by Gasteiger charge is -2.32. The van der Waals surface area contributed by atoms with Crippen LogP contribution in [0.1, 0.15) is 17.4 Å². The maximum atomic E-state index is 11.9. The number of hydrogen-bond acceptors (Lipinski definition) is 4. The second-order valence-corrected chi connectivity index (χ2v) is 6.52. The molecule has 116 valence electrons. The number of urea groups is 1. The van der Waals surface area contributed by atoms with Crippen LogP contribution in [0, 0.1) is 0 Å². The number of pyridine rings is 1. The van der Waals surface area contributed by atoms with Crippen LogP contribution >= 0.6 is 11.3 Å². The number of hydrogen-bond donors (Lipinski definition) is 2. The van der Waals surface area contributed by atoms with Gasteiger partial charge in [-0.2, -0.15) is 0 Å². The molecule has 0 aromatic carbocycles. The molecule has 0 saturated carbocycles. The molecule has 0 saturated heterocycles. The van der Waals surface area contributed by atoms with Crippen molar-refractivity contribution in [2.75, 3.05) is 18.4 Å². The van der Waals surface area contributed by atoms with Gasteiger partial charge in [0.2, 0.25) is 0 Å². The number of rotatable bonds is 4. The van der Waals surface area contributed by atoms with E-state index in [1.165, 1.54) is 10.4 Å². The maximum Gasteiger partial charge on any atom is 0.319 e. The lowest BCUT2D eigenvalue weighted by molar-refractivity contribution is 0.188. The fourth-order valence-electron chi connectivity index (χ4n) is 2.63. The van der Waals surface area contributed by atoms with Gasteiger partial charge in [-0.1, -0.05) is 0 Å². The summed E-state index contributed by atoms with van der Waals surface area (Å²) in [5, 5.41) is 7.88. The molecule has 0 fully saturated rings. The van der Waals surface area contributed by atoms with Gasteiger partial charge in [0.25, 0.3) is 0 Å². The zero-order chi connectivity index (χ0) is 15.4. The molecular formula is C16H20N4OS. The average Bonchev–Trinajstić information content (AvgIpc) is 3.01. The highest BCUT2D eigenvalue weighted by molar-refractivity contribution is 7.10. The second kappa shape index (κ2) is 6.89. The number of carbonyl (C=O) groups excluding carboxylic acids is 1. The third-order valence-electron chi connectivity index (χ3n) is 3.94. The average molecular weight is 316 g/mol. The van der Waals surface area contributed by atoms with E-state index in [4.69, 9.17) is 0 Å². The minimum absolute atomic E-state index is 0.187.